The van der Waals surface area contributed by atoms with Crippen LogP contribution in [0, 0.1) is 0 Å². The number of ether oxygens (including phenoxy) is 1. The molecule has 0 bridgehead atoms. The molecule has 0 rings (SSSR count). The third kappa shape index (κ3) is 9.32. The van der Waals surface area contributed by atoms with Crippen LogP contribution >= 0.6 is 0 Å². The second-order valence-electron chi connectivity index (χ2n) is 5.53. The van der Waals surface area contributed by atoms with E-state index in [1.165, 1.54) is 14.0 Å². The van der Waals surface area contributed by atoms with Crippen molar-refractivity contribution >= 4 is 17.8 Å². The summed E-state index contributed by atoms with van der Waals surface area (Å²) < 4.78 is 4.58. The fourth-order valence-electron chi connectivity index (χ4n) is 1.51. The normalized spacial score (nSPS) is 12.4. The number of nitrogens with one attached hydrogen (secondary N) is 3. The zero-order valence-electron chi connectivity index (χ0n) is 12.8. The Morgan fingerprint density at radius 3 is 2.25 bits per heavy atom. The Morgan fingerprint density at radius 1 is 1.20 bits per heavy atom. The summed E-state index contributed by atoms with van der Waals surface area (Å²) in [7, 11) is 1.26. The van der Waals surface area contributed by atoms with Gasteiger partial charge in [-0.2, -0.15) is 0 Å². The lowest BCUT2D eigenvalue weighted by molar-refractivity contribution is -0.144. The number of hydrogen-bond acceptors (Lipinski definition) is 5. The maximum absolute atomic E-state index is 11.6. The predicted octanol–water partition coefficient (Wildman–Crippen LogP) is -0.441. The topological polar surface area (TPSA) is 96.5 Å². The van der Waals surface area contributed by atoms with E-state index in [1.807, 2.05) is 20.8 Å². The minimum absolute atomic E-state index is 0.0702. The summed E-state index contributed by atoms with van der Waals surface area (Å²) in [5.41, 5.74) is -0.262. The Kier molecular flexibility index (Phi) is 7.83. The molecule has 7 heteroatoms. The summed E-state index contributed by atoms with van der Waals surface area (Å²) in [4.78, 5) is 33.9. The highest BCUT2D eigenvalue weighted by atomic mass is 16.5. The zero-order valence-corrected chi connectivity index (χ0v) is 12.8. The molecule has 20 heavy (non-hydrogen) atoms. The number of methoxy groups -OCH3 is 1. The van der Waals surface area contributed by atoms with E-state index in [9.17, 15) is 14.4 Å². The van der Waals surface area contributed by atoms with Crippen molar-refractivity contribution in [1.82, 2.24) is 16.0 Å². The summed E-state index contributed by atoms with van der Waals surface area (Å²) in [5.74, 6) is -0.904. The smallest absolute Gasteiger partial charge is 0.329 e. The third-order valence-electron chi connectivity index (χ3n) is 2.25. The molecule has 1 unspecified atom stereocenters. The standard InChI is InChI=1S/C13H25N3O4/c1-9(17)15-10(12(19)20-5)8-14-7-6-11(18)16-13(2,3)4/h10,14H,6-8H2,1-5H3,(H,15,17)(H,16,18). The maximum atomic E-state index is 11.6. The molecule has 116 valence electrons. The van der Waals surface area contributed by atoms with Crippen molar-refractivity contribution in [2.24, 2.45) is 0 Å². The van der Waals surface area contributed by atoms with E-state index in [2.05, 4.69) is 20.7 Å². The van der Waals surface area contributed by atoms with Gasteiger partial charge in [0.1, 0.15) is 6.04 Å². The fraction of sp³-hybridized carbons (Fsp3) is 0.769. The SMILES string of the molecule is COC(=O)C(CNCCC(=O)NC(C)(C)C)NC(C)=O. The molecule has 0 aromatic heterocycles. The molecule has 0 aliphatic carbocycles. The predicted molar refractivity (Wildman–Crippen MR) is 75.0 cm³/mol. The highest BCUT2D eigenvalue weighted by Gasteiger charge is 2.19. The molecule has 0 aliphatic heterocycles. The molecule has 0 aromatic carbocycles. The Labute approximate surface area is 119 Å². The second-order valence-corrected chi connectivity index (χ2v) is 5.53. The van der Waals surface area contributed by atoms with E-state index < -0.39 is 12.0 Å². The number of rotatable bonds is 7. The van der Waals surface area contributed by atoms with Gasteiger partial charge in [0.25, 0.3) is 0 Å². The van der Waals surface area contributed by atoms with Crippen LogP contribution in [-0.2, 0) is 19.1 Å². The van der Waals surface area contributed by atoms with Crippen LogP contribution < -0.4 is 16.0 Å². The molecule has 0 aliphatic rings. The number of hydrogen-bond donors (Lipinski definition) is 3. The van der Waals surface area contributed by atoms with E-state index in [1.54, 1.807) is 0 Å². The average molecular weight is 287 g/mol. The van der Waals surface area contributed by atoms with Gasteiger partial charge in [-0.3, -0.25) is 9.59 Å². The molecule has 0 fully saturated rings. The van der Waals surface area contributed by atoms with Gasteiger partial charge in [-0.1, -0.05) is 0 Å². The maximum Gasteiger partial charge on any atom is 0.329 e. The first-order valence-electron chi connectivity index (χ1n) is 6.52. The first kappa shape index (κ1) is 18.4. The van der Waals surface area contributed by atoms with Crippen LogP contribution in [-0.4, -0.2) is 49.6 Å². The van der Waals surface area contributed by atoms with Crippen molar-refractivity contribution in [3.05, 3.63) is 0 Å². The Balaban J connectivity index is 4.03. The monoisotopic (exact) mass is 287 g/mol. The van der Waals surface area contributed by atoms with Gasteiger partial charge in [0.2, 0.25) is 11.8 Å². The third-order valence-corrected chi connectivity index (χ3v) is 2.25. The van der Waals surface area contributed by atoms with Crippen LogP contribution in [0.4, 0.5) is 0 Å². The van der Waals surface area contributed by atoms with E-state index in [0.29, 0.717) is 13.0 Å². The lowest BCUT2D eigenvalue weighted by Gasteiger charge is -2.21. The molecule has 0 radical (unpaired) electrons. The molecule has 0 saturated carbocycles. The van der Waals surface area contributed by atoms with Gasteiger partial charge in [0.15, 0.2) is 0 Å². The first-order chi connectivity index (χ1) is 9.15. The lowest BCUT2D eigenvalue weighted by Crippen LogP contribution is -2.48. The van der Waals surface area contributed by atoms with Crippen molar-refractivity contribution in [1.29, 1.82) is 0 Å². The highest BCUT2D eigenvalue weighted by Crippen LogP contribution is 1.98. The minimum atomic E-state index is -0.747. The van der Waals surface area contributed by atoms with Gasteiger partial charge in [0, 0.05) is 32.0 Å². The van der Waals surface area contributed by atoms with Crippen molar-refractivity contribution in [3.8, 4) is 0 Å². The molecule has 0 aromatic rings. The average Bonchev–Trinajstić information content (AvgIpc) is 2.29. The fourth-order valence-corrected chi connectivity index (χ4v) is 1.51. The molecule has 2 amide bonds. The number of amides is 2. The van der Waals surface area contributed by atoms with Crippen LogP contribution in [0.3, 0.4) is 0 Å². The van der Waals surface area contributed by atoms with Gasteiger partial charge >= 0.3 is 5.97 Å². The van der Waals surface area contributed by atoms with Gasteiger partial charge < -0.3 is 20.7 Å². The molecule has 0 saturated heterocycles. The van der Waals surface area contributed by atoms with E-state index in [4.69, 9.17) is 0 Å². The Hall–Kier alpha value is -1.63. The highest BCUT2D eigenvalue weighted by molar-refractivity contribution is 5.83. The summed E-state index contributed by atoms with van der Waals surface area (Å²) >= 11 is 0. The van der Waals surface area contributed by atoms with Crippen LogP contribution in [0.15, 0.2) is 0 Å². The van der Waals surface area contributed by atoms with Crippen molar-refractivity contribution < 1.29 is 19.1 Å². The molecular formula is C13H25N3O4. The molecule has 7 nitrogen and oxygen atoms in total. The second kappa shape index (κ2) is 8.52. The summed E-state index contributed by atoms with van der Waals surface area (Å²) in [6, 6.07) is -0.747. The quantitative estimate of drug-likeness (QED) is 0.436. The summed E-state index contributed by atoms with van der Waals surface area (Å²) in [6.45, 7) is 7.67. The molecule has 0 heterocycles. The van der Waals surface area contributed by atoms with Gasteiger partial charge in [-0.05, 0) is 20.8 Å². The molecule has 3 N–H and O–H groups in total. The number of carbonyl (C=O) groups is 3. The van der Waals surface area contributed by atoms with Crippen molar-refractivity contribution in [3.63, 3.8) is 0 Å². The van der Waals surface area contributed by atoms with Gasteiger partial charge in [-0.15, -0.1) is 0 Å². The minimum Gasteiger partial charge on any atom is -0.467 e. The molecule has 1 atom stereocenters. The lowest BCUT2D eigenvalue weighted by atomic mass is 10.1. The van der Waals surface area contributed by atoms with E-state index in [0.717, 1.165) is 0 Å². The number of carbonyl (C=O) groups excluding carboxylic acids is 3. The zero-order chi connectivity index (χ0) is 15.8. The van der Waals surface area contributed by atoms with Crippen LogP contribution in [0.25, 0.3) is 0 Å². The van der Waals surface area contributed by atoms with Crippen molar-refractivity contribution in [2.75, 3.05) is 20.2 Å². The molecule has 0 spiro atoms. The van der Waals surface area contributed by atoms with Crippen LogP contribution in [0.2, 0.25) is 0 Å². The summed E-state index contributed by atoms with van der Waals surface area (Å²) in [6.07, 6.45) is 0.297. The van der Waals surface area contributed by atoms with E-state index in [-0.39, 0.29) is 23.9 Å². The first-order valence-corrected chi connectivity index (χ1v) is 6.52. The Bertz CT molecular complexity index is 350. The van der Waals surface area contributed by atoms with Crippen LogP contribution in [0.1, 0.15) is 34.1 Å². The summed E-state index contributed by atoms with van der Waals surface area (Å²) in [5, 5.41) is 8.26. The van der Waals surface area contributed by atoms with Crippen LogP contribution in [0.5, 0.6) is 0 Å². The van der Waals surface area contributed by atoms with Crippen molar-refractivity contribution in [2.45, 2.75) is 45.7 Å². The number of esters is 1. The van der Waals surface area contributed by atoms with E-state index >= 15 is 0 Å². The molecular weight excluding hydrogens is 262 g/mol. The van der Waals surface area contributed by atoms with Gasteiger partial charge in [0.05, 0.1) is 7.11 Å². The Morgan fingerprint density at radius 2 is 1.80 bits per heavy atom. The van der Waals surface area contributed by atoms with Gasteiger partial charge in [-0.25, -0.2) is 4.79 Å². The largest absolute Gasteiger partial charge is 0.467 e.